The van der Waals surface area contributed by atoms with Crippen molar-refractivity contribution in [1.82, 2.24) is 10.2 Å². The Hall–Kier alpha value is 0.620. The van der Waals surface area contributed by atoms with Crippen LogP contribution in [-0.2, 0) is 0 Å². The van der Waals surface area contributed by atoms with Gasteiger partial charge in [-0.15, -0.1) is 0 Å². The Kier molecular flexibility index (Phi) is 5.33. The maximum Gasteiger partial charge on any atom is 0.0265 e. The zero-order chi connectivity index (χ0) is 11.4. The van der Waals surface area contributed by atoms with E-state index in [0.717, 1.165) is 11.2 Å². The molecule has 2 saturated heterocycles. The van der Waals surface area contributed by atoms with Crippen LogP contribution in [0.15, 0.2) is 0 Å². The van der Waals surface area contributed by atoms with Crippen molar-refractivity contribution in [3.8, 4) is 0 Å². The summed E-state index contributed by atoms with van der Waals surface area (Å²) >= 11 is 4.32. The summed E-state index contributed by atoms with van der Waals surface area (Å²) in [5, 5.41) is 4.51. The summed E-state index contributed by atoms with van der Waals surface area (Å²) in [6.07, 6.45) is 0. The van der Waals surface area contributed by atoms with Crippen molar-refractivity contribution < 1.29 is 0 Å². The van der Waals surface area contributed by atoms with Crippen LogP contribution in [0.1, 0.15) is 13.8 Å². The first-order chi connectivity index (χ1) is 7.75. The van der Waals surface area contributed by atoms with Gasteiger partial charge in [-0.25, -0.2) is 0 Å². The normalized spacial score (nSPS) is 33.2. The van der Waals surface area contributed by atoms with Crippen LogP contribution in [0.2, 0.25) is 0 Å². The molecular formula is C12H24N2S2. The third-order valence-electron chi connectivity index (χ3n) is 3.44. The van der Waals surface area contributed by atoms with Gasteiger partial charge in [0.1, 0.15) is 0 Å². The molecule has 1 N–H and O–H groups in total. The highest BCUT2D eigenvalue weighted by Crippen LogP contribution is 2.25. The van der Waals surface area contributed by atoms with Gasteiger partial charge < -0.3 is 5.32 Å². The Balaban J connectivity index is 1.75. The average Bonchev–Trinajstić information content (AvgIpc) is 2.30. The highest BCUT2D eigenvalue weighted by molar-refractivity contribution is 8.06. The van der Waals surface area contributed by atoms with Gasteiger partial charge in [-0.05, 0) is 5.92 Å². The number of hydrogen-bond acceptors (Lipinski definition) is 4. The van der Waals surface area contributed by atoms with E-state index >= 15 is 0 Å². The van der Waals surface area contributed by atoms with Crippen molar-refractivity contribution in [3.05, 3.63) is 0 Å². The summed E-state index contributed by atoms with van der Waals surface area (Å²) < 4.78 is 0. The van der Waals surface area contributed by atoms with Crippen LogP contribution < -0.4 is 5.32 Å². The minimum absolute atomic E-state index is 0.704. The van der Waals surface area contributed by atoms with Gasteiger partial charge in [-0.2, -0.15) is 23.5 Å². The molecule has 4 heteroatoms. The number of nitrogens with zero attached hydrogens (tertiary/aromatic N) is 1. The van der Waals surface area contributed by atoms with E-state index in [0.29, 0.717) is 6.04 Å². The molecule has 0 aromatic carbocycles. The second-order valence-corrected chi connectivity index (χ2v) is 7.69. The molecule has 2 aliphatic heterocycles. The van der Waals surface area contributed by atoms with Gasteiger partial charge in [0.15, 0.2) is 0 Å². The fraction of sp³-hybridized carbons (Fsp3) is 1.00. The van der Waals surface area contributed by atoms with Crippen molar-refractivity contribution in [2.24, 2.45) is 5.92 Å². The first kappa shape index (κ1) is 13.1. The Morgan fingerprint density at radius 3 is 2.94 bits per heavy atom. The van der Waals surface area contributed by atoms with Gasteiger partial charge in [0.25, 0.3) is 0 Å². The summed E-state index contributed by atoms with van der Waals surface area (Å²) in [6.45, 7) is 9.62. The Morgan fingerprint density at radius 2 is 2.25 bits per heavy atom. The molecule has 0 aromatic rings. The lowest BCUT2D eigenvalue weighted by Gasteiger charge is -2.37. The molecule has 0 aliphatic carbocycles. The molecular weight excluding hydrogens is 236 g/mol. The molecule has 2 nitrogen and oxygen atoms in total. The highest BCUT2D eigenvalue weighted by atomic mass is 32.2. The van der Waals surface area contributed by atoms with E-state index in [1.165, 1.54) is 43.4 Å². The zero-order valence-electron chi connectivity index (χ0n) is 10.4. The molecule has 0 amide bonds. The quantitative estimate of drug-likeness (QED) is 0.831. The molecule has 2 heterocycles. The molecule has 0 aromatic heterocycles. The van der Waals surface area contributed by atoms with Gasteiger partial charge in [0.05, 0.1) is 0 Å². The molecule has 2 atom stereocenters. The van der Waals surface area contributed by atoms with Crippen molar-refractivity contribution in [2.75, 3.05) is 43.4 Å². The number of thioether (sulfide) groups is 2. The lowest BCUT2D eigenvalue weighted by Crippen LogP contribution is -2.54. The minimum atomic E-state index is 0.704. The third kappa shape index (κ3) is 3.83. The maximum absolute atomic E-state index is 3.63. The smallest absolute Gasteiger partial charge is 0.0265 e. The van der Waals surface area contributed by atoms with E-state index in [-0.39, 0.29) is 0 Å². The van der Waals surface area contributed by atoms with Crippen molar-refractivity contribution in [3.63, 3.8) is 0 Å². The van der Waals surface area contributed by atoms with Gasteiger partial charge in [0, 0.05) is 54.7 Å². The molecule has 2 rings (SSSR count). The summed E-state index contributed by atoms with van der Waals surface area (Å²) in [4.78, 5) is 2.67. The monoisotopic (exact) mass is 260 g/mol. The van der Waals surface area contributed by atoms with Crippen LogP contribution in [0, 0.1) is 5.92 Å². The molecule has 0 radical (unpaired) electrons. The van der Waals surface area contributed by atoms with Crippen LogP contribution in [0.25, 0.3) is 0 Å². The molecule has 2 unspecified atom stereocenters. The summed E-state index contributed by atoms with van der Waals surface area (Å²) in [5.74, 6) is 4.84. The molecule has 0 spiro atoms. The van der Waals surface area contributed by atoms with Crippen LogP contribution in [0.3, 0.4) is 0 Å². The van der Waals surface area contributed by atoms with Crippen molar-refractivity contribution in [2.45, 2.75) is 25.1 Å². The molecule has 2 fully saturated rings. The molecule has 94 valence electrons. The predicted molar refractivity (Wildman–Crippen MR) is 76.6 cm³/mol. The van der Waals surface area contributed by atoms with E-state index in [1.54, 1.807) is 0 Å². The lowest BCUT2D eigenvalue weighted by molar-refractivity contribution is 0.177. The number of rotatable bonds is 3. The van der Waals surface area contributed by atoms with E-state index < -0.39 is 0 Å². The lowest BCUT2D eigenvalue weighted by atomic mass is 10.0. The maximum atomic E-state index is 3.63. The fourth-order valence-electron chi connectivity index (χ4n) is 2.38. The van der Waals surface area contributed by atoms with E-state index in [1.807, 2.05) is 0 Å². The molecule has 0 bridgehead atoms. The Labute approximate surface area is 108 Å². The van der Waals surface area contributed by atoms with Crippen LogP contribution in [0.5, 0.6) is 0 Å². The second kappa shape index (κ2) is 6.53. The third-order valence-corrected chi connectivity index (χ3v) is 6.27. The first-order valence-corrected chi connectivity index (χ1v) is 8.61. The molecule has 16 heavy (non-hydrogen) atoms. The van der Waals surface area contributed by atoms with Crippen molar-refractivity contribution >= 4 is 23.5 Å². The number of hydrogen-bond donors (Lipinski definition) is 1. The van der Waals surface area contributed by atoms with E-state index in [2.05, 4.69) is 47.6 Å². The average molecular weight is 260 g/mol. The SMILES string of the molecule is CC(C)C1CN(CC2CSCCS2)CCN1. The first-order valence-electron chi connectivity index (χ1n) is 6.41. The predicted octanol–water partition coefficient (Wildman–Crippen LogP) is 1.76. The number of nitrogens with one attached hydrogen (secondary N) is 1. The van der Waals surface area contributed by atoms with Crippen molar-refractivity contribution in [1.29, 1.82) is 0 Å². The van der Waals surface area contributed by atoms with Crippen LogP contribution in [0.4, 0.5) is 0 Å². The fourth-order valence-corrected chi connectivity index (χ4v) is 5.10. The topological polar surface area (TPSA) is 15.3 Å². The molecule has 0 saturated carbocycles. The summed E-state index contributed by atoms with van der Waals surface area (Å²) in [5.41, 5.74) is 0. The van der Waals surface area contributed by atoms with E-state index in [4.69, 9.17) is 0 Å². The molecule has 2 aliphatic rings. The van der Waals surface area contributed by atoms with Gasteiger partial charge in [-0.3, -0.25) is 4.90 Å². The Bertz CT molecular complexity index is 205. The zero-order valence-corrected chi connectivity index (χ0v) is 12.1. The van der Waals surface area contributed by atoms with E-state index in [9.17, 15) is 0 Å². The van der Waals surface area contributed by atoms with Gasteiger partial charge >= 0.3 is 0 Å². The van der Waals surface area contributed by atoms with Gasteiger partial charge in [-0.1, -0.05) is 13.8 Å². The van der Waals surface area contributed by atoms with Gasteiger partial charge in [0.2, 0.25) is 0 Å². The Morgan fingerprint density at radius 1 is 1.38 bits per heavy atom. The minimum Gasteiger partial charge on any atom is -0.311 e. The number of piperazine rings is 1. The summed E-state index contributed by atoms with van der Waals surface area (Å²) in [7, 11) is 0. The second-order valence-electron chi connectivity index (χ2n) is 5.13. The standard InChI is InChI=1S/C12H24N2S2/c1-10(2)12-8-14(4-3-13-12)7-11-9-15-5-6-16-11/h10-13H,3-9H2,1-2H3. The highest BCUT2D eigenvalue weighted by Gasteiger charge is 2.24. The largest absolute Gasteiger partial charge is 0.311 e. The van der Waals surface area contributed by atoms with Crippen LogP contribution in [-0.4, -0.2) is 59.6 Å². The summed E-state index contributed by atoms with van der Waals surface area (Å²) in [6, 6.07) is 0.704. The van der Waals surface area contributed by atoms with Crippen LogP contribution >= 0.6 is 23.5 Å².